The van der Waals surface area contributed by atoms with Gasteiger partial charge in [-0.15, -0.1) is 10.2 Å². The molecular weight excluding hydrogens is 218 g/mol. The van der Waals surface area contributed by atoms with Crippen LogP contribution < -0.4 is 5.32 Å². The molecule has 5 nitrogen and oxygen atoms in total. The first-order valence-electron chi connectivity index (χ1n) is 6.45. The Labute approximate surface area is 102 Å². The number of nitrogens with one attached hydrogen (secondary N) is 1. The Morgan fingerprint density at radius 2 is 2.12 bits per heavy atom. The van der Waals surface area contributed by atoms with E-state index in [2.05, 4.69) is 29.4 Å². The Kier molecular flexibility index (Phi) is 4.50. The maximum absolute atomic E-state index is 5.74. The highest BCUT2D eigenvalue weighted by molar-refractivity contribution is 4.95. The maximum atomic E-state index is 5.74. The normalized spacial score (nSPS) is 19.4. The fraction of sp³-hybridized carbons (Fsp3) is 0.833. The SMILES string of the molecule is CCCNC(C)c1nnc(C2CCOCC2)o1. The summed E-state index contributed by atoms with van der Waals surface area (Å²) in [4.78, 5) is 0. The van der Waals surface area contributed by atoms with Gasteiger partial charge in [0.2, 0.25) is 11.8 Å². The third kappa shape index (κ3) is 3.26. The largest absolute Gasteiger partial charge is 0.423 e. The monoisotopic (exact) mass is 239 g/mol. The molecule has 1 unspecified atom stereocenters. The van der Waals surface area contributed by atoms with E-state index in [0.29, 0.717) is 11.8 Å². The van der Waals surface area contributed by atoms with Gasteiger partial charge in [0.25, 0.3) is 0 Å². The molecule has 0 bridgehead atoms. The molecule has 1 atom stereocenters. The van der Waals surface area contributed by atoms with Crippen molar-refractivity contribution >= 4 is 0 Å². The molecule has 96 valence electrons. The summed E-state index contributed by atoms with van der Waals surface area (Å²) in [5, 5.41) is 11.6. The fourth-order valence-electron chi connectivity index (χ4n) is 1.98. The molecule has 1 saturated heterocycles. The zero-order chi connectivity index (χ0) is 12.1. The Hall–Kier alpha value is -0.940. The van der Waals surface area contributed by atoms with Crippen molar-refractivity contribution in [3.05, 3.63) is 11.8 Å². The smallest absolute Gasteiger partial charge is 0.233 e. The van der Waals surface area contributed by atoms with E-state index in [0.717, 1.165) is 44.9 Å². The number of hydrogen-bond acceptors (Lipinski definition) is 5. The number of nitrogens with zero attached hydrogens (tertiary/aromatic N) is 2. The lowest BCUT2D eigenvalue weighted by Crippen LogP contribution is -2.19. The summed E-state index contributed by atoms with van der Waals surface area (Å²) in [6.45, 7) is 6.76. The van der Waals surface area contributed by atoms with Crippen LogP contribution in [-0.4, -0.2) is 30.0 Å². The van der Waals surface area contributed by atoms with E-state index in [-0.39, 0.29) is 6.04 Å². The molecule has 2 rings (SSSR count). The molecule has 1 N–H and O–H groups in total. The predicted octanol–water partition coefficient (Wildman–Crippen LogP) is 2.02. The molecule has 5 heteroatoms. The van der Waals surface area contributed by atoms with E-state index >= 15 is 0 Å². The van der Waals surface area contributed by atoms with E-state index in [1.54, 1.807) is 0 Å². The first-order chi connectivity index (χ1) is 8.31. The fourth-order valence-corrected chi connectivity index (χ4v) is 1.98. The third-order valence-corrected chi connectivity index (χ3v) is 3.10. The second-order valence-corrected chi connectivity index (χ2v) is 4.54. The molecule has 1 aromatic heterocycles. The van der Waals surface area contributed by atoms with Crippen LogP contribution in [-0.2, 0) is 4.74 Å². The van der Waals surface area contributed by atoms with Crippen LogP contribution in [0.15, 0.2) is 4.42 Å². The highest BCUT2D eigenvalue weighted by atomic mass is 16.5. The minimum absolute atomic E-state index is 0.135. The second-order valence-electron chi connectivity index (χ2n) is 4.54. The van der Waals surface area contributed by atoms with Crippen molar-refractivity contribution in [2.75, 3.05) is 19.8 Å². The van der Waals surface area contributed by atoms with E-state index in [1.165, 1.54) is 0 Å². The molecular formula is C12H21N3O2. The molecule has 0 amide bonds. The zero-order valence-electron chi connectivity index (χ0n) is 10.6. The Balaban J connectivity index is 1.94. The highest BCUT2D eigenvalue weighted by Gasteiger charge is 2.22. The summed E-state index contributed by atoms with van der Waals surface area (Å²) in [5.74, 6) is 1.84. The molecule has 0 aromatic carbocycles. The van der Waals surface area contributed by atoms with Crippen molar-refractivity contribution in [1.82, 2.24) is 15.5 Å². The van der Waals surface area contributed by atoms with Gasteiger partial charge < -0.3 is 14.5 Å². The lowest BCUT2D eigenvalue weighted by molar-refractivity contribution is 0.0790. The quantitative estimate of drug-likeness (QED) is 0.851. The number of aromatic nitrogens is 2. The summed E-state index contributed by atoms with van der Waals surface area (Å²) >= 11 is 0. The van der Waals surface area contributed by atoms with Gasteiger partial charge in [0.1, 0.15) is 0 Å². The van der Waals surface area contributed by atoms with Gasteiger partial charge in [-0.05, 0) is 32.7 Å². The van der Waals surface area contributed by atoms with Gasteiger partial charge in [-0.2, -0.15) is 0 Å². The summed E-state index contributed by atoms with van der Waals surface area (Å²) in [7, 11) is 0. The van der Waals surface area contributed by atoms with Crippen LogP contribution in [0.5, 0.6) is 0 Å². The predicted molar refractivity (Wildman–Crippen MR) is 63.8 cm³/mol. The van der Waals surface area contributed by atoms with Crippen molar-refractivity contribution in [3.8, 4) is 0 Å². The van der Waals surface area contributed by atoms with Crippen LogP contribution in [0.2, 0.25) is 0 Å². The number of hydrogen-bond donors (Lipinski definition) is 1. The standard InChI is InChI=1S/C12H21N3O2/c1-3-6-13-9(2)11-14-15-12(17-11)10-4-7-16-8-5-10/h9-10,13H,3-8H2,1-2H3. The molecule has 1 aliphatic heterocycles. The molecule has 0 saturated carbocycles. The number of ether oxygens (including phenoxy) is 1. The Bertz CT molecular complexity index is 334. The minimum Gasteiger partial charge on any atom is -0.423 e. The molecule has 2 heterocycles. The Morgan fingerprint density at radius 1 is 1.35 bits per heavy atom. The molecule has 0 spiro atoms. The van der Waals surface area contributed by atoms with Gasteiger partial charge in [0.15, 0.2) is 0 Å². The van der Waals surface area contributed by atoms with Crippen molar-refractivity contribution in [3.63, 3.8) is 0 Å². The van der Waals surface area contributed by atoms with Gasteiger partial charge in [-0.3, -0.25) is 0 Å². The summed E-state index contributed by atoms with van der Waals surface area (Å²) in [6.07, 6.45) is 3.07. The van der Waals surface area contributed by atoms with E-state index in [1.807, 2.05) is 0 Å². The lowest BCUT2D eigenvalue weighted by Gasteiger charge is -2.18. The second kappa shape index (κ2) is 6.12. The van der Waals surface area contributed by atoms with Crippen LogP contribution in [0.1, 0.15) is 56.9 Å². The van der Waals surface area contributed by atoms with Crippen LogP contribution >= 0.6 is 0 Å². The zero-order valence-corrected chi connectivity index (χ0v) is 10.6. The van der Waals surface area contributed by atoms with Crippen molar-refractivity contribution < 1.29 is 9.15 Å². The first-order valence-corrected chi connectivity index (χ1v) is 6.45. The Morgan fingerprint density at radius 3 is 2.82 bits per heavy atom. The van der Waals surface area contributed by atoms with Crippen LogP contribution in [0, 0.1) is 0 Å². The molecule has 1 aliphatic rings. The molecule has 1 fully saturated rings. The summed E-state index contributed by atoms with van der Waals surface area (Å²) in [6, 6.07) is 0.135. The molecule has 1 aromatic rings. The third-order valence-electron chi connectivity index (χ3n) is 3.10. The highest BCUT2D eigenvalue weighted by Crippen LogP contribution is 2.26. The molecule has 17 heavy (non-hydrogen) atoms. The molecule has 0 radical (unpaired) electrons. The van der Waals surface area contributed by atoms with E-state index in [4.69, 9.17) is 9.15 Å². The topological polar surface area (TPSA) is 60.2 Å². The van der Waals surface area contributed by atoms with Gasteiger partial charge in [0, 0.05) is 19.1 Å². The molecule has 0 aliphatic carbocycles. The maximum Gasteiger partial charge on any atom is 0.233 e. The van der Waals surface area contributed by atoms with E-state index in [9.17, 15) is 0 Å². The number of rotatable bonds is 5. The summed E-state index contributed by atoms with van der Waals surface area (Å²) < 4.78 is 11.1. The average molecular weight is 239 g/mol. The van der Waals surface area contributed by atoms with Gasteiger partial charge in [-0.25, -0.2) is 0 Å². The summed E-state index contributed by atoms with van der Waals surface area (Å²) in [5.41, 5.74) is 0. The van der Waals surface area contributed by atoms with E-state index < -0.39 is 0 Å². The van der Waals surface area contributed by atoms with Crippen LogP contribution in [0.3, 0.4) is 0 Å². The first kappa shape index (κ1) is 12.5. The lowest BCUT2D eigenvalue weighted by atomic mass is 10.0. The van der Waals surface area contributed by atoms with Crippen LogP contribution in [0.25, 0.3) is 0 Å². The van der Waals surface area contributed by atoms with Crippen molar-refractivity contribution in [1.29, 1.82) is 0 Å². The van der Waals surface area contributed by atoms with Gasteiger partial charge in [-0.1, -0.05) is 6.92 Å². The minimum atomic E-state index is 0.135. The van der Waals surface area contributed by atoms with Crippen molar-refractivity contribution in [2.45, 2.75) is 45.1 Å². The van der Waals surface area contributed by atoms with Crippen LogP contribution in [0.4, 0.5) is 0 Å². The average Bonchev–Trinajstić information content (AvgIpc) is 2.86. The van der Waals surface area contributed by atoms with Crippen molar-refractivity contribution in [2.24, 2.45) is 0 Å². The van der Waals surface area contributed by atoms with Gasteiger partial charge >= 0.3 is 0 Å². The van der Waals surface area contributed by atoms with Gasteiger partial charge in [0.05, 0.1) is 6.04 Å².